The first kappa shape index (κ1) is 19.1. The molecule has 2 amide bonds. The Labute approximate surface area is 159 Å². The number of hydrogen-bond acceptors (Lipinski definition) is 4. The molecule has 1 atom stereocenters. The number of fused-ring (bicyclic) bond motifs is 1. The molecule has 2 aromatic rings. The van der Waals surface area contributed by atoms with Crippen LogP contribution in [0.1, 0.15) is 21.5 Å². The minimum atomic E-state index is -0.817. The highest BCUT2D eigenvalue weighted by Crippen LogP contribution is 2.20. The van der Waals surface area contributed by atoms with Crippen molar-refractivity contribution >= 4 is 17.5 Å². The summed E-state index contributed by atoms with van der Waals surface area (Å²) < 4.78 is 0. The van der Waals surface area contributed by atoms with Gasteiger partial charge in [0, 0.05) is 30.9 Å². The number of rotatable bonds is 5. The van der Waals surface area contributed by atoms with Crippen molar-refractivity contribution in [2.24, 2.45) is 5.73 Å². The molecule has 3 rings (SSSR count). The average Bonchev–Trinajstić information content (AvgIpc) is 2.88. The summed E-state index contributed by atoms with van der Waals surface area (Å²) in [5.41, 5.74) is 9.82. The maximum Gasteiger partial charge on any atom is 0.251 e. The van der Waals surface area contributed by atoms with Crippen molar-refractivity contribution < 1.29 is 9.59 Å². The van der Waals surface area contributed by atoms with Crippen LogP contribution in [0.5, 0.6) is 0 Å². The lowest BCUT2D eigenvalue weighted by Crippen LogP contribution is -2.45. The number of nitrogens with two attached hydrogens (primary N) is 1. The van der Waals surface area contributed by atoms with Crippen molar-refractivity contribution in [3.8, 4) is 0 Å². The SMILES string of the molecule is CN1CCc2ccc(NC(=O)[C@H](N)CNC(=O)c3ccccc3)cc2CC1. The average molecular weight is 366 g/mol. The third-order valence-electron chi connectivity index (χ3n) is 4.85. The van der Waals surface area contributed by atoms with Crippen LogP contribution in [0.15, 0.2) is 48.5 Å². The lowest BCUT2D eigenvalue weighted by atomic mass is 10.0. The third kappa shape index (κ3) is 5.15. The Morgan fingerprint density at radius 3 is 2.52 bits per heavy atom. The summed E-state index contributed by atoms with van der Waals surface area (Å²) in [6.07, 6.45) is 1.99. The molecule has 1 heterocycles. The lowest BCUT2D eigenvalue weighted by Gasteiger charge is -2.15. The molecule has 0 unspecified atom stereocenters. The molecule has 1 aliphatic heterocycles. The highest BCUT2D eigenvalue weighted by atomic mass is 16.2. The van der Waals surface area contributed by atoms with Crippen molar-refractivity contribution in [3.63, 3.8) is 0 Å². The van der Waals surface area contributed by atoms with Crippen LogP contribution >= 0.6 is 0 Å². The number of hydrogen-bond donors (Lipinski definition) is 3. The molecule has 6 heteroatoms. The maximum absolute atomic E-state index is 12.4. The van der Waals surface area contributed by atoms with E-state index < -0.39 is 6.04 Å². The molecule has 27 heavy (non-hydrogen) atoms. The Balaban J connectivity index is 1.54. The Morgan fingerprint density at radius 1 is 1.07 bits per heavy atom. The van der Waals surface area contributed by atoms with Crippen molar-refractivity contribution in [2.75, 3.05) is 32.0 Å². The fourth-order valence-corrected chi connectivity index (χ4v) is 3.14. The molecule has 0 bridgehead atoms. The number of nitrogens with zero attached hydrogens (tertiary/aromatic N) is 1. The van der Waals surface area contributed by atoms with E-state index in [0.717, 1.165) is 31.6 Å². The van der Waals surface area contributed by atoms with Gasteiger partial charge in [-0.25, -0.2) is 0 Å². The Hall–Kier alpha value is -2.70. The molecule has 6 nitrogen and oxygen atoms in total. The van der Waals surface area contributed by atoms with Gasteiger partial charge in [-0.15, -0.1) is 0 Å². The van der Waals surface area contributed by atoms with E-state index in [2.05, 4.69) is 28.6 Å². The van der Waals surface area contributed by atoms with Crippen LogP contribution in [0, 0.1) is 0 Å². The predicted octanol–water partition coefficient (Wildman–Crippen LogP) is 1.41. The Morgan fingerprint density at radius 2 is 1.78 bits per heavy atom. The molecule has 0 fully saturated rings. The first-order valence-corrected chi connectivity index (χ1v) is 9.23. The van der Waals surface area contributed by atoms with Crippen molar-refractivity contribution in [3.05, 3.63) is 65.2 Å². The standard InChI is InChI=1S/C21H26N4O2/c1-25-11-9-15-7-8-18(13-17(15)10-12-25)24-21(27)19(22)14-23-20(26)16-5-3-2-4-6-16/h2-8,13,19H,9-12,14,22H2,1H3,(H,23,26)(H,24,27)/t19-/m1/s1. The molecule has 0 spiro atoms. The topological polar surface area (TPSA) is 87.5 Å². The zero-order valence-corrected chi connectivity index (χ0v) is 15.6. The predicted molar refractivity (Wildman–Crippen MR) is 107 cm³/mol. The van der Waals surface area contributed by atoms with Crippen LogP contribution in [0.4, 0.5) is 5.69 Å². The zero-order chi connectivity index (χ0) is 19.2. The largest absolute Gasteiger partial charge is 0.350 e. The van der Waals surface area contributed by atoms with Crippen LogP contribution in [0.3, 0.4) is 0 Å². The van der Waals surface area contributed by atoms with Gasteiger partial charge in [-0.05, 0) is 55.3 Å². The Kier molecular flexibility index (Phi) is 6.21. The number of carbonyl (C=O) groups excluding carboxylic acids is 2. The van der Waals surface area contributed by atoms with Gasteiger partial charge in [-0.1, -0.05) is 24.3 Å². The van der Waals surface area contributed by atoms with Crippen LogP contribution in [0.25, 0.3) is 0 Å². The second-order valence-corrected chi connectivity index (χ2v) is 6.96. The fourth-order valence-electron chi connectivity index (χ4n) is 3.14. The highest BCUT2D eigenvalue weighted by molar-refractivity contribution is 5.97. The number of amides is 2. The molecule has 1 aliphatic rings. The van der Waals surface area contributed by atoms with E-state index in [1.165, 1.54) is 11.1 Å². The molecule has 4 N–H and O–H groups in total. The van der Waals surface area contributed by atoms with Gasteiger partial charge in [0.2, 0.25) is 5.91 Å². The zero-order valence-electron chi connectivity index (χ0n) is 15.6. The molecule has 2 aromatic carbocycles. The van der Waals surface area contributed by atoms with E-state index in [-0.39, 0.29) is 18.4 Å². The normalized spacial score (nSPS) is 15.3. The summed E-state index contributed by atoms with van der Waals surface area (Å²) in [5.74, 6) is -0.554. The van der Waals surface area contributed by atoms with Crippen LogP contribution in [-0.2, 0) is 17.6 Å². The molecule has 142 valence electrons. The van der Waals surface area contributed by atoms with E-state index in [1.807, 2.05) is 18.2 Å². The van der Waals surface area contributed by atoms with Gasteiger partial charge in [0.05, 0.1) is 0 Å². The first-order valence-electron chi connectivity index (χ1n) is 9.23. The van der Waals surface area contributed by atoms with Gasteiger partial charge in [0.15, 0.2) is 0 Å². The summed E-state index contributed by atoms with van der Waals surface area (Å²) in [7, 11) is 2.12. The molecule has 0 saturated carbocycles. The van der Waals surface area contributed by atoms with Crippen molar-refractivity contribution in [1.82, 2.24) is 10.2 Å². The Bertz CT molecular complexity index is 807. The molecule has 0 saturated heterocycles. The van der Waals surface area contributed by atoms with Crippen LogP contribution < -0.4 is 16.4 Å². The molecule has 0 radical (unpaired) electrons. The molecule has 0 aromatic heterocycles. The minimum Gasteiger partial charge on any atom is -0.350 e. The van der Waals surface area contributed by atoms with Gasteiger partial charge in [0.25, 0.3) is 5.91 Å². The minimum absolute atomic E-state index is 0.0787. The number of anilines is 1. The highest BCUT2D eigenvalue weighted by Gasteiger charge is 2.17. The lowest BCUT2D eigenvalue weighted by molar-refractivity contribution is -0.117. The fraction of sp³-hybridized carbons (Fsp3) is 0.333. The monoisotopic (exact) mass is 366 g/mol. The number of carbonyl (C=O) groups is 2. The summed E-state index contributed by atoms with van der Waals surface area (Å²) >= 11 is 0. The smallest absolute Gasteiger partial charge is 0.251 e. The van der Waals surface area contributed by atoms with Gasteiger partial charge in [-0.2, -0.15) is 0 Å². The van der Waals surface area contributed by atoms with Gasteiger partial charge < -0.3 is 21.3 Å². The summed E-state index contributed by atoms with van der Waals surface area (Å²) in [5, 5.41) is 5.56. The number of nitrogens with one attached hydrogen (secondary N) is 2. The molecular formula is C21H26N4O2. The van der Waals surface area contributed by atoms with E-state index in [1.54, 1.807) is 24.3 Å². The van der Waals surface area contributed by atoms with E-state index in [9.17, 15) is 9.59 Å². The van der Waals surface area contributed by atoms with Gasteiger partial charge in [0.1, 0.15) is 6.04 Å². The van der Waals surface area contributed by atoms with E-state index >= 15 is 0 Å². The van der Waals surface area contributed by atoms with Gasteiger partial charge >= 0.3 is 0 Å². The molecule has 0 aliphatic carbocycles. The van der Waals surface area contributed by atoms with Gasteiger partial charge in [-0.3, -0.25) is 9.59 Å². The molecular weight excluding hydrogens is 340 g/mol. The second kappa shape index (κ2) is 8.79. The van der Waals surface area contributed by atoms with E-state index in [0.29, 0.717) is 5.56 Å². The van der Waals surface area contributed by atoms with Crippen molar-refractivity contribution in [2.45, 2.75) is 18.9 Å². The maximum atomic E-state index is 12.4. The second-order valence-electron chi connectivity index (χ2n) is 6.96. The quantitative estimate of drug-likeness (QED) is 0.747. The van der Waals surface area contributed by atoms with E-state index in [4.69, 9.17) is 5.73 Å². The number of benzene rings is 2. The first-order chi connectivity index (χ1) is 13.0. The number of likely N-dealkylation sites (N-methyl/N-ethyl adjacent to an activating group) is 1. The van der Waals surface area contributed by atoms with Crippen molar-refractivity contribution in [1.29, 1.82) is 0 Å². The van der Waals surface area contributed by atoms with Crippen LogP contribution in [0.2, 0.25) is 0 Å². The third-order valence-corrected chi connectivity index (χ3v) is 4.85. The summed E-state index contributed by atoms with van der Waals surface area (Å²) in [6.45, 7) is 2.13. The van der Waals surface area contributed by atoms with Crippen LogP contribution in [-0.4, -0.2) is 49.4 Å². The summed E-state index contributed by atoms with van der Waals surface area (Å²) in [4.78, 5) is 26.7. The summed E-state index contributed by atoms with van der Waals surface area (Å²) in [6, 6.07) is 14.1.